The van der Waals surface area contributed by atoms with Gasteiger partial charge in [-0.3, -0.25) is 0 Å². The lowest BCUT2D eigenvalue weighted by atomic mass is 9.44. The van der Waals surface area contributed by atoms with Gasteiger partial charge in [-0.2, -0.15) is 0 Å². The molecule has 8 atom stereocenters. The molecule has 0 amide bonds. The molecule has 128 valence electrons. The van der Waals surface area contributed by atoms with Gasteiger partial charge in [0.05, 0.1) is 6.10 Å². The standard InChI is InChI=1S/C21H32O2/c1-4-21(23)12-9-18-16-6-5-14-13-15(22)7-10-19(14,2)17(16)8-11-20(18,21)3/h1,14-18,22-23H,5-13H2,2-3H3/t14-,15+,16+,17+,18+,19-,20-,21-/m0/s1. The predicted octanol–water partition coefficient (Wildman–Crippen LogP) is 3.75. The van der Waals surface area contributed by atoms with E-state index in [1.165, 1.54) is 25.7 Å². The Morgan fingerprint density at radius 1 is 0.957 bits per heavy atom. The van der Waals surface area contributed by atoms with Gasteiger partial charge in [-0.25, -0.2) is 0 Å². The molecule has 0 unspecified atom stereocenters. The van der Waals surface area contributed by atoms with Crippen LogP contribution in [0.1, 0.15) is 71.6 Å². The minimum absolute atomic E-state index is 0.0727. The molecule has 0 bridgehead atoms. The Morgan fingerprint density at radius 2 is 1.70 bits per heavy atom. The van der Waals surface area contributed by atoms with Crippen molar-refractivity contribution in [1.29, 1.82) is 0 Å². The van der Waals surface area contributed by atoms with E-state index in [1.807, 2.05) is 0 Å². The van der Waals surface area contributed by atoms with Gasteiger partial charge in [-0.05, 0) is 86.9 Å². The Hall–Kier alpha value is -0.520. The zero-order valence-corrected chi connectivity index (χ0v) is 14.7. The van der Waals surface area contributed by atoms with Crippen molar-refractivity contribution in [1.82, 2.24) is 0 Å². The molecule has 0 aromatic heterocycles. The van der Waals surface area contributed by atoms with Crippen LogP contribution in [0.4, 0.5) is 0 Å². The van der Waals surface area contributed by atoms with E-state index in [4.69, 9.17) is 6.42 Å². The maximum atomic E-state index is 11.0. The van der Waals surface area contributed by atoms with E-state index in [0.717, 1.165) is 43.9 Å². The number of terminal acetylenes is 1. The van der Waals surface area contributed by atoms with Gasteiger partial charge in [0, 0.05) is 5.41 Å². The van der Waals surface area contributed by atoms with Gasteiger partial charge in [0.15, 0.2) is 0 Å². The van der Waals surface area contributed by atoms with Crippen LogP contribution in [0.5, 0.6) is 0 Å². The molecule has 0 saturated heterocycles. The number of aliphatic hydroxyl groups is 2. The summed E-state index contributed by atoms with van der Waals surface area (Å²) in [6.45, 7) is 4.77. The third-order valence-electron chi connectivity index (χ3n) is 9.03. The fraction of sp³-hybridized carbons (Fsp3) is 0.905. The molecule has 4 fully saturated rings. The normalized spacial score (nSPS) is 58.7. The van der Waals surface area contributed by atoms with Gasteiger partial charge in [0.1, 0.15) is 5.60 Å². The summed E-state index contributed by atoms with van der Waals surface area (Å²) in [5.74, 6) is 5.56. The molecule has 4 aliphatic carbocycles. The number of rotatable bonds is 0. The second kappa shape index (κ2) is 4.99. The minimum Gasteiger partial charge on any atom is -0.393 e. The van der Waals surface area contributed by atoms with E-state index < -0.39 is 5.60 Å². The smallest absolute Gasteiger partial charge is 0.130 e. The molecular weight excluding hydrogens is 284 g/mol. The molecule has 23 heavy (non-hydrogen) atoms. The van der Waals surface area contributed by atoms with E-state index in [1.54, 1.807) is 0 Å². The van der Waals surface area contributed by atoms with Crippen molar-refractivity contribution in [2.45, 2.75) is 83.3 Å². The van der Waals surface area contributed by atoms with Crippen molar-refractivity contribution in [3.63, 3.8) is 0 Å². The van der Waals surface area contributed by atoms with Crippen molar-refractivity contribution in [3.05, 3.63) is 0 Å². The predicted molar refractivity (Wildman–Crippen MR) is 91.5 cm³/mol. The van der Waals surface area contributed by atoms with Gasteiger partial charge in [0.2, 0.25) is 0 Å². The molecule has 2 nitrogen and oxygen atoms in total. The van der Waals surface area contributed by atoms with Gasteiger partial charge in [-0.15, -0.1) is 6.42 Å². The summed E-state index contributed by atoms with van der Waals surface area (Å²) in [5.41, 5.74) is -0.566. The van der Waals surface area contributed by atoms with Crippen molar-refractivity contribution in [2.75, 3.05) is 0 Å². The lowest BCUT2D eigenvalue weighted by molar-refractivity contribution is -0.144. The average molecular weight is 316 g/mol. The molecular formula is C21H32O2. The third-order valence-corrected chi connectivity index (χ3v) is 9.03. The molecule has 0 heterocycles. The summed E-state index contributed by atoms with van der Waals surface area (Å²) in [6.07, 6.45) is 15.6. The SMILES string of the molecule is C#C[C@]1(O)CC[C@@H]2[C@@H]3CC[C@H]4C[C@H](O)CC[C@]4(C)[C@@H]3CC[C@@]21C. The molecule has 2 N–H and O–H groups in total. The lowest BCUT2D eigenvalue weighted by Crippen LogP contribution is -2.56. The van der Waals surface area contributed by atoms with Crippen molar-refractivity contribution in [3.8, 4) is 12.3 Å². The molecule has 4 aliphatic rings. The zero-order chi connectivity index (χ0) is 16.5. The number of hydrogen-bond donors (Lipinski definition) is 2. The summed E-state index contributed by atoms with van der Waals surface area (Å²) in [6, 6.07) is 0. The highest BCUT2D eigenvalue weighted by Crippen LogP contribution is 2.68. The average Bonchev–Trinajstić information content (AvgIpc) is 2.80. The Balaban J connectivity index is 1.65. The largest absolute Gasteiger partial charge is 0.393 e. The van der Waals surface area contributed by atoms with E-state index >= 15 is 0 Å². The Morgan fingerprint density at radius 3 is 2.43 bits per heavy atom. The Kier molecular flexibility index (Phi) is 3.47. The number of fused-ring (bicyclic) bond motifs is 5. The summed E-state index contributed by atoms with van der Waals surface area (Å²) in [7, 11) is 0. The second-order valence-electron chi connectivity index (χ2n) is 9.58. The van der Waals surface area contributed by atoms with Crippen LogP contribution in [0, 0.1) is 46.8 Å². The molecule has 4 rings (SSSR count). The van der Waals surface area contributed by atoms with Crippen LogP contribution >= 0.6 is 0 Å². The van der Waals surface area contributed by atoms with Crippen molar-refractivity contribution in [2.24, 2.45) is 34.5 Å². The molecule has 4 saturated carbocycles. The van der Waals surface area contributed by atoms with Crippen LogP contribution in [0.2, 0.25) is 0 Å². The van der Waals surface area contributed by atoms with Gasteiger partial charge in [-0.1, -0.05) is 19.8 Å². The maximum absolute atomic E-state index is 11.0. The Labute approximate surface area is 141 Å². The summed E-state index contributed by atoms with van der Waals surface area (Å²) >= 11 is 0. The van der Waals surface area contributed by atoms with Gasteiger partial charge >= 0.3 is 0 Å². The maximum Gasteiger partial charge on any atom is 0.130 e. The first kappa shape index (κ1) is 16.0. The number of aliphatic hydroxyl groups excluding tert-OH is 1. The number of hydrogen-bond acceptors (Lipinski definition) is 2. The highest BCUT2D eigenvalue weighted by atomic mass is 16.3. The van der Waals surface area contributed by atoms with Crippen LogP contribution in [-0.2, 0) is 0 Å². The monoisotopic (exact) mass is 316 g/mol. The fourth-order valence-corrected chi connectivity index (χ4v) is 7.49. The molecule has 0 aromatic rings. The molecule has 2 heteroatoms. The minimum atomic E-state index is -0.886. The second-order valence-corrected chi connectivity index (χ2v) is 9.58. The van der Waals surface area contributed by atoms with Crippen LogP contribution < -0.4 is 0 Å². The molecule has 0 spiro atoms. The topological polar surface area (TPSA) is 40.5 Å². The van der Waals surface area contributed by atoms with Crippen LogP contribution in [0.25, 0.3) is 0 Å². The Bertz CT molecular complexity index is 536. The zero-order valence-electron chi connectivity index (χ0n) is 14.7. The van der Waals surface area contributed by atoms with Crippen LogP contribution in [-0.4, -0.2) is 21.9 Å². The highest BCUT2D eigenvalue weighted by molar-refractivity contribution is 5.23. The van der Waals surface area contributed by atoms with E-state index in [2.05, 4.69) is 19.8 Å². The van der Waals surface area contributed by atoms with Crippen molar-refractivity contribution >= 4 is 0 Å². The van der Waals surface area contributed by atoms with E-state index in [9.17, 15) is 10.2 Å². The van der Waals surface area contributed by atoms with Crippen LogP contribution in [0.3, 0.4) is 0 Å². The van der Waals surface area contributed by atoms with Crippen LogP contribution in [0.15, 0.2) is 0 Å². The van der Waals surface area contributed by atoms with Crippen molar-refractivity contribution < 1.29 is 10.2 Å². The van der Waals surface area contributed by atoms with E-state index in [-0.39, 0.29) is 11.5 Å². The summed E-state index contributed by atoms with van der Waals surface area (Å²) in [5, 5.41) is 21.1. The first-order valence-electron chi connectivity index (χ1n) is 9.72. The quantitative estimate of drug-likeness (QED) is 0.668. The first-order valence-corrected chi connectivity index (χ1v) is 9.72. The molecule has 0 radical (unpaired) electrons. The summed E-state index contributed by atoms with van der Waals surface area (Å²) in [4.78, 5) is 0. The van der Waals surface area contributed by atoms with E-state index in [0.29, 0.717) is 17.3 Å². The molecule has 0 aliphatic heterocycles. The fourth-order valence-electron chi connectivity index (χ4n) is 7.49. The molecule has 0 aromatic carbocycles. The first-order chi connectivity index (χ1) is 10.8. The highest BCUT2D eigenvalue weighted by Gasteiger charge is 2.64. The summed E-state index contributed by atoms with van der Waals surface area (Å²) < 4.78 is 0. The third kappa shape index (κ3) is 1.96. The van der Waals surface area contributed by atoms with Gasteiger partial charge < -0.3 is 10.2 Å². The lowest BCUT2D eigenvalue weighted by Gasteiger charge is -2.61. The van der Waals surface area contributed by atoms with Gasteiger partial charge in [0.25, 0.3) is 0 Å².